The molecule has 0 fully saturated rings. The van der Waals surface area contributed by atoms with Crippen molar-refractivity contribution in [3.05, 3.63) is 52.8 Å². The lowest BCUT2D eigenvalue weighted by Gasteiger charge is -2.21. The van der Waals surface area contributed by atoms with E-state index in [1.165, 1.54) is 0 Å². The van der Waals surface area contributed by atoms with E-state index >= 15 is 0 Å². The number of rotatable bonds is 4. The smallest absolute Gasteiger partial charge is 0.166 e. The number of ether oxygens (including phenoxy) is 1. The highest BCUT2D eigenvalue weighted by molar-refractivity contribution is 5.53. The van der Waals surface area contributed by atoms with Gasteiger partial charge in [-0.3, -0.25) is 0 Å². The zero-order valence-corrected chi connectivity index (χ0v) is 12.0. The van der Waals surface area contributed by atoms with Crippen LogP contribution in [0.15, 0.2) is 30.0 Å². The fraction of sp³-hybridized carbons (Fsp3) is 0.412. The molecule has 0 spiro atoms. The lowest BCUT2D eigenvalue weighted by atomic mass is 9.98. The molecule has 2 rings (SSSR count). The Bertz CT molecular complexity index is 532. The van der Waals surface area contributed by atoms with E-state index in [0.29, 0.717) is 18.1 Å². The van der Waals surface area contributed by atoms with Crippen LogP contribution in [0.2, 0.25) is 0 Å². The maximum absolute atomic E-state index is 13.7. The molecule has 0 aromatic heterocycles. The molecule has 3 heteroatoms. The van der Waals surface area contributed by atoms with Crippen LogP contribution in [-0.4, -0.2) is 6.61 Å². The minimum absolute atomic E-state index is 0.244. The maximum Gasteiger partial charge on any atom is 0.166 e. The van der Waals surface area contributed by atoms with Crippen molar-refractivity contribution in [3.8, 4) is 0 Å². The third-order valence-corrected chi connectivity index (χ3v) is 3.57. The summed E-state index contributed by atoms with van der Waals surface area (Å²) in [5.74, 6) is -0.279. The molecule has 1 atom stereocenters. The Kier molecular flexibility index (Phi) is 4.94. The van der Waals surface area contributed by atoms with Crippen LogP contribution in [0.4, 0.5) is 8.78 Å². The first-order valence-corrected chi connectivity index (χ1v) is 7.07. The van der Waals surface area contributed by atoms with Gasteiger partial charge in [0.25, 0.3) is 0 Å². The van der Waals surface area contributed by atoms with Crippen LogP contribution in [0.5, 0.6) is 0 Å². The lowest BCUT2D eigenvalue weighted by Crippen LogP contribution is -2.12. The molecule has 0 aliphatic carbocycles. The monoisotopic (exact) mass is 278 g/mol. The molecule has 108 valence electrons. The number of halogens is 2. The minimum Gasteiger partial charge on any atom is -0.494 e. The summed E-state index contributed by atoms with van der Waals surface area (Å²) in [5, 5.41) is 0. The summed E-state index contributed by atoms with van der Waals surface area (Å²) < 4.78 is 32.7. The van der Waals surface area contributed by atoms with Gasteiger partial charge in [-0.25, -0.2) is 8.78 Å². The first-order valence-electron chi connectivity index (χ1n) is 7.07. The van der Waals surface area contributed by atoms with Gasteiger partial charge in [0, 0.05) is 5.56 Å². The molecule has 20 heavy (non-hydrogen) atoms. The SMILES string of the molecule is CCCC1CC=C(C=Cc2ccc(C)c(F)c2F)OC1. The van der Waals surface area contributed by atoms with Crippen molar-refractivity contribution in [2.45, 2.75) is 33.1 Å². The van der Waals surface area contributed by atoms with E-state index in [0.717, 1.165) is 25.0 Å². The van der Waals surface area contributed by atoms with E-state index in [-0.39, 0.29) is 5.56 Å². The van der Waals surface area contributed by atoms with Crippen molar-refractivity contribution in [3.63, 3.8) is 0 Å². The van der Waals surface area contributed by atoms with Crippen molar-refractivity contribution in [1.29, 1.82) is 0 Å². The molecule has 0 N–H and O–H groups in total. The van der Waals surface area contributed by atoms with Gasteiger partial charge in [-0.2, -0.15) is 0 Å². The van der Waals surface area contributed by atoms with E-state index < -0.39 is 11.6 Å². The Hall–Kier alpha value is -1.64. The van der Waals surface area contributed by atoms with Crippen molar-refractivity contribution in [2.24, 2.45) is 5.92 Å². The Morgan fingerprint density at radius 3 is 2.70 bits per heavy atom. The topological polar surface area (TPSA) is 9.23 Å². The Morgan fingerprint density at radius 1 is 1.25 bits per heavy atom. The average molecular weight is 278 g/mol. The van der Waals surface area contributed by atoms with Gasteiger partial charge in [0.15, 0.2) is 11.6 Å². The normalized spacial score (nSPS) is 19.0. The zero-order valence-electron chi connectivity index (χ0n) is 12.0. The van der Waals surface area contributed by atoms with E-state index in [2.05, 4.69) is 6.92 Å². The van der Waals surface area contributed by atoms with Gasteiger partial charge in [0.2, 0.25) is 0 Å². The van der Waals surface area contributed by atoms with Gasteiger partial charge >= 0.3 is 0 Å². The van der Waals surface area contributed by atoms with Crippen LogP contribution in [0.3, 0.4) is 0 Å². The quantitative estimate of drug-likeness (QED) is 0.752. The number of hydrogen-bond donors (Lipinski definition) is 0. The molecular weight excluding hydrogens is 258 g/mol. The number of benzene rings is 1. The van der Waals surface area contributed by atoms with Crippen molar-refractivity contribution in [1.82, 2.24) is 0 Å². The molecule has 1 nitrogen and oxygen atoms in total. The van der Waals surface area contributed by atoms with Crippen LogP contribution >= 0.6 is 0 Å². The minimum atomic E-state index is -0.804. The van der Waals surface area contributed by atoms with Gasteiger partial charge in [-0.05, 0) is 49.5 Å². The maximum atomic E-state index is 13.7. The van der Waals surface area contributed by atoms with Gasteiger partial charge < -0.3 is 4.74 Å². The van der Waals surface area contributed by atoms with E-state index in [1.807, 2.05) is 6.08 Å². The second-order valence-electron chi connectivity index (χ2n) is 5.24. The predicted octanol–water partition coefficient (Wildman–Crippen LogP) is 5.01. The highest BCUT2D eigenvalue weighted by Gasteiger charge is 2.13. The largest absolute Gasteiger partial charge is 0.494 e. The number of allylic oxidation sites excluding steroid dienone is 2. The molecule has 1 aliphatic heterocycles. The summed E-state index contributed by atoms with van der Waals surface area (Å²) in [7, 11) is 0. The molecule has 0 saturated heterocycles. The second-order valence-corrected chi connectivity index (χ2v) is 5.24. The van der Waals surface area contributed by atoms with Crippen molar-refractivity contribution in [2.75, 3.05) is 6.61 Å². The van der Waals surface area contributed by atoms with Gasteiger partial charge in [-0.1, -0.05) is 25.5 Å². The average Bonchev–Trinajstić information content (AvgIpc) is 2.46. The van der Waals surface area contributed by atoms with Crippen LogP contribution in [0.25, 0.3) is 6.08 Å². The highest BCUT2D eigenvalue weighted by Crippen LogP contribution is 2.22. The molecule has 1 heterocycles. The first-order chi connectivity index (χ1) is 9.61. The molecule has 1 unspecified atom stereocenters. The second kappa shape index (κ2) is 6.69. The molecule has 1 aromatic rings. The Labute approximate surface area is 119 Å². The Morgan fingerprint density at radius 2 is 2.05 bits per heavy atom. The first kappa shape index (κ1) is 14.8. The van der Waals surface area contributed by atoms with Gasteiger partial charge in [0.1, 0.15) is 5.76 Å². The van der Waals surface area contributed by atoms with Crippen LogP contribution < -0.4 is 0 Å². The van der Waals surface area contributed by atoms with Gasteiger partial charge in [-0.15, -0.1) is 0 Å². The van der Waals surface area contributed by atoms with Crippen LogP contribution in [-0.2, 0) is 4.74 Å². The molecule has 1 aromatic carbocycles. The molecule has 0 bridgehead atoms. The Balaban J connectivity index is 2.06. The van der Waals surface area contributed by atoms with Crippen molar-refractivity contribution >= 4 is 6.08 Å². The third kappa shape index (κ3) is 3.47. The summed E-state index contributed by atoms with van der Waals surface area (Å²) in [6.07, 6.45) is 8.58. The predicted molar refractivity (Wildman–Crippen MR) is 77.2 cm³/mol. The molecule has 1 aliphatic rings. The summed E-state index contributed by atoms with van der Waals surface area (Å²) in [4.78, 5) is 0. The third-order valence-electron chi connectivity index (χ3n) is 3.57. The van der Waals surface area contributed by atoms with Crippen LogP contribution in [0, 0.1) is 24.5 Å². The molecule has 0 radical (unpaired) electrons. The summed E-state index contributed by atoms with van der Waals surface area (Å²) in [5.41, 5.74) is 0.559. The van der Waals surface area contributed by atoms with Gasteiger partial charge in [0.05, 0.1) is 6.61 Å². The van der Waals surface area contributed by atoms with E-state index in [9.17, 15) is 8.78 Å². The summed E-state index contributed by atoms with van der Waals surface area (Å²) in [6.45, 7) is 4.41. The standard InChI is InChI=1S/C17H20F2O/c1-3-4-13-6-9-15(20-11-13)10-8-14-7-5-12(2)16(18)17(14)19/h5,7-10,13H,3-4,6,11H2,1-2H3. The summed E-state index contributed by atoms with van der Waals surface area (Å²) >= 11 is 0. The zero-order chi connectivity index (χ0) is 14.5. The van der Waals surface area contributed by atoms with E-state index in [4.69, 9.17) is 4.74 Å². The molecular formula is C17H20F2O. The molecule has 0 saturated carbocycles. The lowest BCUT2D eigenvalue weighted by molar-refractivity contribution is 0.151. The fourth-order valence-corrected chi connectivity index (χ4v) is 2.31. The molecule has 0 amide bonds. The van der Waals surface area contributed by atoms with E-state index in [1.54, 1.807) is 31.2 Å². The summed E-state index contributed by atoms with van der Waals surface area (Å²) in [6, 6.07) is 3.15. The van der Waals surface area contributed by atoms with Crippen LogP contribution in [0.1, 0.15) is 37.3 Å². The number of hydrogen-bond acceptors (Lipinski definition) is 1. The fourth-order valence-electron chi connectivity index (χ4n) is 2.31. The number of aryl methyl sites for hydroxylation is 1. The highest BCUT2D eigenvalue weighted by atomic mass is 19.2. The van der Waals surface area contributed by atoms with Crippen molar-refractivity contribution < 1.29 is 13.5 Å².